The molecule has 0 spiro atoms. The average Bonchev–Trinajstić information content (AvgIpc) is 2.90. The molecule has 1 aromatic heterocycles. The minimum atomic E-state index is 0.522. The van der Waals surface area contributed by atoms with Gasteiger partial charge >= 0.3 is 0 Å². The topological polar surface area (TPSA) is 75.3 Å². The van der Waals surface area contributed by atoms with Gasteiger partial charge in [-0.15, -0.1) is 0 Å². The number of rotatable bonds is 10. The van der Waals surface area contributed by atoms with Crippen molar-refractivity contribution in [3.63, 3.8) is 0 Å². The van der Waals surface area contributed by atoms with Crippen LogP contribution >= 0.6 is 0 Å². The lowest BCUT2D eigenvalue weighted by Crippen LogP contribution is -2.37. The molecule has 6 heteroatoms. The molecule has 0 amide bonds. The molecule has 0 fully saturated rings. The van der Waals surface area contributed by atoms with E-state index in [9.17, 15) is 0 Å². The second-order valence-electron chi connectivity index (χ2n) is 5.20. The number of aliphatic imine (C=N–C) groups is 1. The largest absolute Gasteiger partial charge is 0.356 e. The second kappa shape index (κ2) is 11.1. The molecule has 0 aliphatic carbocycles. The third-order valence-corrected chi connectivity index (χ3v) is 3.28. The predicted molar refractivity (Wildman–Crippen MR) is 85.2 cm³/mol. The molecular weight excluding hydrogens is 266 g/mol. The van der Waals surface area contributed by atoms with E-state index in [0.29, 0.717) is 18.3 Å². The smallest absolute Gasteiger partial charge is 0.223 e. The van der Waals surface area contributed by atoms with Gasteiger partial charge in [-0.2, -0.15) is 4.98 Å². The first-order valence-electron chi connectivity index (χ1n) is 8.00. The van der Waals surface area contributed by atoms with E-state index in [2.05, 4.69) is 32.7 Å². The molecule has 0 aliphatic rings. The van der Waals surface area contributed by atoms with Gasteiger partial charge in [0.25, 0.3) is 0 Å². The Labute approximate surface area is 127 Å². The lowest BCUT2D eigenvalue weighted by molar-refractivity contribution is 0.387. The van der Waals surface area contributed by atoms with Crippen molar-refractivity contribution in [2.75, 3.05) is 13.6 Å². The van der Waals surface area contributed by atoms with E-state index in [1.54, 1.807) is 14.0 Å². The fourth-order valence-corrected chi connectivity index (χ4v) is 2.09. The lowest BCUT2D eigenvalue weighted by atomic mass is 10.1. The molecule has 0 bridgehead atoms. The van der Waals surface area contributed by atoms with Crippen molar-refractivity contribution in [2.45, 2.75) is 65.3 Å². The van der Waals surface area contributed by atoms with Gasteiger partial charge in [0.2, 0.25) is 5.89 Å². The molecule has 0 radical (unpaired) electrons. The van der Waals surface area contributed by atoms with Gasteiger partial charge < -0.3 is 15.2 Å². The lowest BCUT2D eigenvalue weighted by Gasteiger charge is -2.10. The SMILES string of the molecule is CCCCCCCCCNC(=NC)NCc1noc(C)n1. The molecule has 120 valence electrons. The number of unbranched alkanes of at least 4 members (excludes halogenated alkanes) is 6. The van der Waals surface area contributed by atoms with E-state index in [1.165, 1.54) is 44.9 Å². The Morgan fingerprint density at radius 1 is 1.10 bits per heavy atom. The standard InChI is InChI=1S/C15H29N5O/c1-4-5-6-7-8-9-10-11-17-15(16-3)18-12-14-19-13(2)21-20-14/h4-12H2,1-3H3,(H2,16,17,18). The van der Waals surface area contributed by atoms with E-state index in [-0.39, 0.29) is 0 Å². The summed E-state index contributed by atoms with van der Waals surface area (Å²) in [5, 5.41) is 10.3. The van der Waals surface area contributed by atoms with Crippen LogP contribution in [0.2, 0.25) is 0 Å². The summed E-state index contributed by atoms with van der Waals surface area (Å²) in [6.07, 6.45) is 9.19. The van der Waals surface area contributed by atoms with E-state index in [0.717, 1.165) is 12.5 Å². The molecule has 0 unspecified atom stereocenters. The maximum absolute atomic E-state index is 4.92. The Morgan fingerprint density at radius 3 is 2.43 bits per heavy atom. The highest BCUT2D eigenvalue weighted by molar-refractivity contribution is 5.79. The molecule has 0 atom stereocenters. The fraction of sp³-hybridized carbons (Fsp3) is 0.800. The first-order chi connectivity index (χ1) is 10.3. The molecule has 0 saturated heterocycles. The summed E-state index contributed by atoms with van der Waals surface area (Å²) in [5.41, 5.74) is 0. The zero-order valence-corrected chi connectivity index (χ0v) is 13.6. The summed E-state index contributed by atoms with van der Waals surface area (Å²) in [6.45, 7) is 5.50. The fourth-order valence-electron chi connectivity index (χ4n) is 2.09. The van der Waals surface area contributed by atoms with Crippen molar-refractivity contribution in [2.24, 2.45) is 4.99 Å². The van der Waals surface area contributed by atoms with E-state index >= 15 is 0 Å². The van der Waals surface area contributed by atoms with E-state index < -0.39 is 0 Å². The molecule has 0 aromatic carbocycles. The van der Waals surface area contributed by atoms with Gasteiger partial charge in [0.1, 0.15) is 0 Å². The van der Waals surface area contributed by atoms with E-state index in [4.69, 9.17) is 4.52 Å². The normalized spacial score (nSPS) is 11.7. The van der Waals surface area contributed by atoms with Crippen molar-refractivity contribution >= 4 is 5.96 Å². The molecule has 1 heterocycles. The minimum absolute atomic E-state index is 0.522. The van der Waals surface area contributed by atoms with Crippen molar-refractivity contribution in [1.82, 2.24) is 20.8 Å². The van der Waals surface area contributed by atoms with Crippen LogP contribution in [0.3, 0.4) is 0 Å². The summed E-state index contributed by atoms with van der Waals surface area (Å²) in [6, 6.07) is 0. The summed E-state index contributed by atoms with van der Waals surface area (Å²) in [5.74, 6) is 2.01. The highest BCUT2D eigenvalue weighted by Gasteiger charge is 2.03. The molecule has 6 nitrogen and oxygen atoms in total. The second-order valence-corrected chi connectivity index (χ2v) is 5.20. The van der Waals surface area contributed by atoms with Crippen LogP contribution in [-0.2, 0) is 6.54 Å². The minimum Gasteiger partial charge on any atom is -0.356 e. The van der Waals surface area contributed by atoms with Crippen molar-refractivity contribution in [3.05, 3.63) is 11.7 Å². The van der Waals surface area contributed by atoms with Crippen LogP contribution in [0, 0.1) is 6.92 Å². The number of hydrogen-bond donors (Lipinski definition) is 2. The molecule has 0 saturated carbocycles. The molecule has 21 heavy (non-hydrogen) atoms. The van der Waals surface area contributed by atoms with Crippen LogP contribution in [0.5, 0.6) is 0 Å². The monoisotopic (exact) mass is 295 g/mol. The molecule has 0 aliphatic heterocycles. The molecule has 1 rings (SSSR count). The summed E-state index contributed by atoms with van der Waals surface area (Å²) >= 11 is 0. The molecule has 1 aromatic rings. The van der Waals surface area contributed by atoms with Gasteiger partial charge in [0.15, 0.2) is 11.8 Å². The number of aromatic nitrogens is 2. The third-order valence-electron chi connectivity index (χ3n) is 3.28. The number of aryl methyl sites for hydroxylation is 1. The van der Waals surface area contributed by atoms with Crippen LogP contribution in [0.1, 0.15) is 63.6 Å². The van der Waals surface area contributed by atoms with Gasteiger partial charge in [0.05, 0.1) is 6.54 Å². The Balaban J connectivity index is 2.04. The third kappa shape index (κ3) is 8.32. The van der Waals surface area contributed by atoms with Crippen LogP contribution in [0.15, 0.2) is 9.52 Å². The first kappa shape index (κ1) is 17.5. The Kier molecular flexibility index (Phi) is 9.24. The Morgan fingerprint density at radius 2 is 1.81 bits per heavy atom. The number of guanidine groups is 1. The maximum Gasteiger partial charge on any atom is 0.223 e. The first-order valence-corrected chi connectivity index (χ1v) is 8.00. The number of nitrogens with one attached hydrogen (secondary N) is 2. The van der Waals surface area contributed by atoms with Crippen molar-refractivity contribution < 1.29 is 4.52 Å². The summed E-state index contributed by atoms with van der Waals surface area (Å²) < 4.78 is 4.92. The molecular formula is C15H29N5O. The van der Waals surface area contributed by atoms with Gasteiger partial charge in [-0.3, -0.25) is 4.99 Å². The highest BCUT2D eigenvalue weighted by atomic mass is 16.5. The number of nitrogens with zero attached hydrogens (tertiary/aromatic N) is 3. The quantitative estimate of drug-likeness (QED) is 0.394. The van der Waals surface area contributed by atoms with Crippen molar-refractivity contribution in [1.29, 1.82) is 0 Å². The van der Waals surface area contributed by atoms with Gasteiger partial charge in [0, 0.05) is 20.5 Å². The zero-order chi connectivity index (χ0) is 15.3. The Hall–Kier alpha value is -1.59. The molecule has 2 N–H and O–H groups in total. The van der Waals surface area contributed by atoms with E-state index in [1.807, 2.05) is 0 Å². The average molecular weight is 295 g/mol. The maximum atomic E-state index is 4.92. The summed E-state index contributed by atoms with van der Waals surface area (Å²) in [7, 11) is 1.77. The van der Waals surface area contributed by atoms with Crippen molar-refractivity contribution in [3.8, 4) is 0 Å². The highest BCUT2D eigenvalue weighted by Crippen LogP contribution is 2.06. The number of hydrogen-bond acceptors (Lipinski definition) is 4. The van der Waals surface area contributed by atoms with Gasteiger partial charge in [-0.05, 0) is 6.42 Å². The van der Waals surface area contributed by atoms with Crippen LogP contribution < -0.4 is 10.6 Å². The Bertz CT molecular complexity index is 403. The zero-order valence-electron chi connectivity index (χ0n) is 13.6. The van der Waals surface area contributed by atoms with Gasteiger partial charge in [-0.1, -0.05) is 50.6 Å². The predicted octanol–water partition coefficient (Wildman–Crippen LogP) is 2.79. The van der Waals surface area contributed by atoms with Crippen LogP contribution in [-0.4, -0.2) is 29.7 Å². The van der Waals surface area contributed by atoms with Gasteiger partial charge in [-0.25, -0.2) is 0 Å². The van der Waals surface area contributed by atoms with Crippen LogP contribution in [0.4, 0.5) is 0 Å². The van der Waals surface area contributed by atoms with Crippen LogP contribution in [0.25, 0.3) is 0 Å². The summed E-state index contributed by atoms with van der Waals surface area (Å²) in [4.78, 5) is 8.32.